The number of benzene rings is 3. The Balaban J connectivity index is 1.30. The van der Waals surface area contributed by atoms with E-state index in [1.807, 2.05) is 60.7 Å². The molecule has 1 fully saturated rings. The minimum absolute atomic E-state index is 0.117. The third-order valence-electron chi connectivity index (χ3n) is 7.62. The van der Waals surface area contributed by atoms with E-state index in [1.54, 1.807) is 0 Å². The van der Waals surface area contributed by atoms with E-state index in [1.165, 1.54) is 19.3 Å². The minimum atomic E-state index is -0.117. The zero-order chi connectivity index (χ0) is 25.3. The fourth-order valence-corrected chi connectivity index (χ4v) is 5.61. The molecule has 4 nitrogen and oxygen atoms in total. The highest BCUT2D eigenvalue weighted by Gasteiger charge is 2.41. The van der Waals surface area contributed by atoms with Gasteiger partial charge in [-0.05, 0) is 94.5 Å². The lowest BCUT2D eigenvalue weighted by Gasteiger charge is -2.52. The largest absolute Gasteiger partial charge is 0.322 e. The Morgan fingerprint density at radius 1 is 0.833 bits per heavy atom. The Hall–Kier alpha value is -3.50. The lowest BCUT2D eigenvalue weighted by molar-refractivity contribution is -0.0348. The number of piperidine rings is 1. The first-order valence-corrected chi connectivity index (χ1v) is 12.9. The summed E-state index contributed by atoms with van der Waals surface area (Å²) in [5.41, 5.74) is 5.99. The van der Waals surface area contributed by atoms with E-state index in [9.17, 15) is 4.79 Å². The number of aromatic nitrogens is 1. The first-order valence-electron chi connectivity index (χ1n) is 12.9. The van der Waals surface area contributed by atoms with Crippen LogP contribution in [0.5, 0.6) is 0 Å². The van der Waals surface area contributed by atoms with Crippen molar-refractivity contribution in [1.29, 1.82) is 0 Å². The number of hydrogen-bond donors (Lipinski definition) is 1. The van der Waals surface area contributed by atoms with Crippen molar-refractivity contribution in [2.75, 3.05) is 5.32 Å². The molecule has 1 saturated heterocycles. The highest BCUT2D eigenvalue weighted by Crippen LogP contribution is 2.39. The summed E-state index contributed by atoms with van der Waals surface area (Å²) in [7, 11) is 0. The number of likely N-dealkylation sites (tertiary alicyclic amines) is 1. The summed E-state index contributed by atoms with van der Waals surface area (Å²) in [6, 6.07) is 28.1. The van der Waals surface area contributed by atoms with E-state index in [4.69, 9.17) is 4.98 Å². The van der Waals surface area contributed by atoms with Crippen molar-refractivity contribution in [3.05, 3.63) is 96.2 Å². The molecular weight excluding hydrogens is 442 g/mol. The van der Waals surface area contributed by atoms with Crippen LogP contribution in [0.3, 0.4) is 0 Å². The Bertz CT molecular complexity index is 1360. The average Bonchev–Trinajstić information content (AvgIpc) is 2.86. The van der Waals surface area contributed by atoms with Crippen LogP contribution in [-0.4, -0.2) is 26.9 Å². The SMILES string of the molecule is CC1(C)CCCC(C)(C)N1Cc1ccc2cc(NC(=O)c3ccc(-c4ccccc4)cc3)ccc2n1. The van der Waals surface area contributed by atoms with Gasteiger partial charge in [-0.2, -0.15) is 0 Å². The van der Waals surface area contributed by atoms with Crippen LogP contribution >= 0.6 is 0 Å². The van der Waals surface area contributed by atoms with E-state index in [-0.39, 0.29) is 17.0 Å². The molecule has 2 heterocycles. The van der Waals surface area contributed by atoms with Gasteiger partial charge in [-0.15, -0.1) is 0 Å². The quantitative estimate of drug-likeness (QED) is 0.320. The van der Waals surface area contributed by atoms with Gasteiger partial charge in [-0.3, -0.25) is 14.7 Å². The fraction of sp³-hybridized carbons (Fsp3) is 0.312. The molecule has 36 heavy (non-hydrogen) atoms. The number of nitrogens with one attached hydrogen (secondary N) is 1. The second-order valence-electron chi connectivity index (χ2n) is 11.2. The average molecular weight is 478 g/mol. The molecule has 1 amide bonds. The molecule has 1 aliphatic heterocycles. The smallest absolute Gasteiger partial charge is 0.255 e. The molecule has 0 unspecified atom stereocenters. The maximum atomic E-state index is 12.9. The Morgan fingerprint density at radius 3 is 2.19 bits per heavy atom. The van der Waals surface area contributed by atoms with E-state index in [0.717, 1.165) is 40.0 Å². The normalized spacial score (nSPS) is 17.1. The molecule has 0 aliphatic carbocycles. The summed E-state index contributed by atoms with van der Waals surface area (Å²) < 4.78 is 0. The van der Waals surface area contributed by atoms with Gasteiger partial charge in [0, 0.05) is 34.3 Å². The summed E-state index contributed by atoms with van der Waals surface area (Å²) in [4.78, 5) is 20.4. The lowest BCUT2D eigenvalue weighted by Crippen LogP contribution is -2.57. The van der Waals surface area contributed by atoms with E-state index in [2.05, 4.69) is 62.2 Å². The van der Waals surface area contributed by atoms with Crippen LogP contribution in [0.2, 0.25) is 0 Å². The predicted octanol–water partition coefficient (Wildman–Crippen LogP) is 7.70. The Morgan fingerprint density at radius 2 is 1.50 bits per heavy atom. The van der Waals surface area contributed by atoms with Gasteiger partial charge in [0.2, 0.25) is 0 Å². The number of hydrogen-bond acceptors (Lipinski definition) is 3. The van der Waals surface area contributed by atoms with Crippen molar-refractivity contribution in [2.24, 2.45) is 0 Å². The van der Waals surface area contributed by atoms with Crippen LogP contribution in [0.15, 0.2) is 84.9 Å². The summed E-state index contributed by atoms with van der Waals surface area (Å²) in [5, 5.41) is 4.06. The van der Waals surface area contributed by atoms with Crippen LogP contribution in [0.4, 0.5) is 5.69 Å². The van der Waals surface area contributed by atoms with Gasteiger partial charge in [0.1, 0.15) is 0 Å². The molecule has 0 saturated carbocycles. The molecule has 3 aromatic carbocycles. The topological polar surface area (TPSA) is 45.2 Å². The molecule has 0 spiro atoms. The van der Waals surface area contributed by atoms with Crippen molar-refractivity contribution in [1.82, 2.24) is 9.88 Å². The van der Waals surface area contributed by atoms with Gasteiger partial charge in [-0.25, -0.2) is 0 Å². The number of anilines is 1. The van der Waals surface area contributed by atoms with Crippen molar-refractivity contribution in [3.63, 3.8) is 0 Å². The highest BCUT2D eigenvalue weighted by atomic mass is 16.1. The number of carbonyl (C=O) groups excluding carboxylic acids is 1. The van der Waals surface area contributed by atoms with Crippen molar-refractivity contribution in [3.8, 4) is 11.1 Å². The van der Waals surface area contributed by atoms with Crippen LogP contribution < -0.4 is 5.32 Å². The van der Waals surface area contributed by atoms with Gasteiger partial charge in [0.05, 0.1) is 11.2 Å². The summed E-state index contributed by atoms with van der Waals surface area (Å²) in [6.45, 7) is 10.2. The molecule has 0 atom stereocenters. The van der Waals surface area contributed by atoms with Crippen molar-refractivity contribution >= 4 is 22.5 Å². The van der Waals surface area contributed by atoms with E-state index in [0.29, 0.717) is 5.56 Å². The van der Waals surface area contributed by atoms with E-state index >= 15 is 0 Å². The summed E-state index contributed by atoms with van der Waals surface area (Å²) in [5.74, 6) is -0.117. The summed E-state index contributed by atoms with van der Waals surface area (Å²) >= 11 is 0. The second kappa shape index (κ2) is 9.51. The van der Waals surface area contributed by atoms with Crippen LogP contribution in [0.1, 0.15) is 63.0 Å². The molecule has 4 heteroatoms. The maximum Gasteiger partial charge on any atom is 0.255 e. The second-order valence-corrected chi connectivity index (χ2v) is 11.2. The molecule has 1 aromatic heterocycles. The molecular formula is C32H35N3O. The first-order chi connectivity index (χ1) is 17.2. The number of pyridine rings is 1. The number of nitrogens with zero attached hydrogens (tertiary/aromatic N) is 2. The fourth-order valence-electron chi connectivity index (χ4n) is 5.61. The van der Waals surface area contributed by atoms with Crippen molar-refractivity contribution < 1.29 is 4.79 Å². The van der Waals surface area contributed by atoms with Gasteiger partial charge in [0.25, 0.3) is 5.91 Å². The molecule has 5 rings (SSSR count). The third kappa shape index (κ3) is 5.05. The standard InChI is InChI=1S/C32H35N3O/c1-31(2)19-8-20-32(3,4)35(31)22-28-16-15-26-21-27(17-18-29(26)33-28)34-30(36)25-13-11-24(12-14-25)23-9-6-5-7-10-23/h5-7,9-18,21H,8,19-20,22H2,1-4H3,(H,34,36). The number of amides is 1. The Labute approximate surface area is 214 Å². The van der Waals surface area contributed by atoms with Gasteiger partial charge < -0.3 is 5.32 Å². The Kier molecular flexibility index (Phi) is 6.40. The maximum absolute atomic E-state index is 12.9. The summed E-state index contributed by atoms with van der Waals surface area (Å²) in [6.07, 6.45) is 3.69. The third-order valence-corrected chi connectivity index (χ3v) is 7.62. The first kappa shape index (κ1) is 24.2. The number of rotatable bonds is 5. The molecule has 184 valence electrons. The predicted molar refractivity (Wildman–Crippen MR) is 149 cm³/mol. The zero-order valence-electron chi connectivity index (χ0n) is 21.7. The van der Waals surface area contributed by atoms with Gasteiger partial charge >= 0.3 is 0 Å². The minimum Gasteiger partial charge on any atom is -0.322 e. The van der Waals surface area contributed by atoms with Gasteiger partial charge in [-0.1, -0.05) is 48.5 Å². The van der Waals surface area contributed by atoms with Crippen molar-refractivity contribution in [2.45, 2.75) is 64.6 Å². The van der Waals surface area contributed by atoms with Crippen LogP contribution in [0, 0.1) is 0 Å². The monoisotopic (exact) mass is 477 g/mol. The highest BCUT2D eigenvalue weighted by molar-refractivity contribution is 6.05. The van der Waals surface area contributed by atoms with Crippen LogP contribution in [-0.2, 0) is 6.54 Å². The number of carbonyl (C=O) groups is 1. The van der Waals surface area contributed by atoms with E-state index < -0.39 is 0 Å². The molecule has 1 aliphatic rings. The molecule has 1 N–H and O–H groups in total. The zero-order valence-corrected chi connectivity index (χ0v) is 21.7. The molecule has 0 bridgehead atoms. The molecule has 0 radical (unpaired) electrons. The van der Waals surface area contributed by atoms with Crippen LogP contribution in [0.25, 0.3) is 22.0 Å². The lowest BCUT2D eigenvalue weighted by atomic mass is 9.79. The van der Waals surface area contributed by atoms with Gasteiger partial charge in [0.15, 0.2) is 0 Å². The number of fused-ring (bicyclic) bond motifs is 1. The molecule has 4 aromatic rings.